The summed E-state index contributed by atoms with van der Waals surface area (Å²) in [6.45, 7) is 0. The minimum atomic E-state index is 0.517. The summed E-state index contributed by atoms with van der Waals surface area (Å²) in [6.07, 6.45) is 1.88. The molecule has 9 aromatic rings. The smallest absolute Gasteiger partial charge is 0.233 e. The fourth-order valence-electron chi connectivity index (χ4n) is 6.09. The number of para-hydroxylation sites is 2. The van der Waals surface area contributed by atoms with Crippen LogP contribution in [-0.2, 0) is 0 Å². The van der Waals surface area contributed by atoms with Crippen molar-refractivity contribution in [3.8, 4) is 28.5 Å². The molecule has 0 aliphatic carbocycles. The first-order valence-electron chi connectivity index (χ1n) is 14.0. The zero-order chi connectivity index (χ0) is 27.6. The maximum Gasteiger partial charge on any atom is 0.233 e. The van der Waals surface area contributed by atoms with Crippen LogP contribution >= 0.6 is 0 Å². The molecule has 0 radical (unpaired) electrons. The molecule has 0 saturated carbocycles. The molecule has 4 aromatic heterocycles. The van der Waals surface area contributed by atoms with Gasteiger partial charge in [-0.05, 0) is 46.7 Å². The number of nitrogens with zero attached hydrogens (tertiary/aromatic N) is 4. The molecule has 0 bridgehead atoms. The minimum absolute atomic E-state index is 0.517. The van der Waals surface area contributed by atoms with Crippen molar-refractivity contribution in [3.63, 3.8) is 0 Å². The van der Waals surface area contributed by atoms with Gasteiger partial charge in [0.05, 0.1) is 16.4 Å². The first kappa shape index (κ1) is 22.9. The SMILES string of the molecule is c1ccc(-c2ccc(-c3nc(-n4c5ccccc5c5cc6ccccc6cc54)c4c(n3)oc3ccccc34)nc2)cc1. The fraction of sp³-hybridized carbons (Fsp3) is 0. The van der Waals surface area contributed by atoms with Crippen molar-refractivity contribution in [2.24, 2.45) is 0 Å². The number of aromatic nitrogens is 4. The molecule has 0 N–H and O–H groups in total. The highest BCUT2D eigenvalue weighted by molar-refractivity contribution is 6.16. The van der Waals surface area contributed by atoms with Gasteiger partial charge in [0.1, 0.15) is 11.3 Å². The van der Waals surface area contributed by atoms with Crippen molar-refractivity contribution in [1.29, 1.82) is 0 Å². The fourth-order valence-corrected chi connectivity index (χ4v) is 6.09. The summed E-state index contributed by atoms with van der Waals surface area (Å²) in [6, 6.07) is 43.9. The topological polar surface area (TPSA) is 56.7 Å². The molecule has 0 aliphatic rings. The number of benzene rings is 5. The van der Waals surface area contributed by atoms with Crippen LogP contribution in [0.15, 0.2) is 138 Å². The van der Waals surface area contributed by atoms with Crippen LogP contribution in [0, 0.1) is 0 Å². The highest BCUT2D eigenvalue weighted by Gasteiger charge is 2.22. The van der Waals surface area contributed by atoms with Crippen LogP contribution in [-0.4, -0.2) is 19.5 Å². The summed E-state index contributed by atoms with van der Waals surface area (Å²) >= 11 is 0. The third-order valence-corrected chi connectivity index (χ3v) is 8.07. The highest BCUT2D eigenvalue weighted by atomic mass is 16.3. The third-order valence-electron chi connectivity index (χ3n) is 8.07. The molecule has 0 fully saturated rings. The Hall–Kier alpha value is -5.81. The molecule has 0 atom stereocenters. The molecule has 9 rings (SSSR count). The van der Waals surface area contributed by atoms with E-state index in [1.807, 2.05) is 48.7 Å². The second-order valence-corrected chi connectivity index (χ2v) is 10.5. The summed E-state index contributed by atoms with van der Waals surface area (Å²) < 4.78 is 8.60. The van der Waals surface area contributed by atoms with Gasteiger partial charge in [0.25, 0.3) is 0 Å². The molecule has 0 spiro atoms. The van der Waals surface area contributed by atoms with E-state index in [0.29, 0.717) is 17.2 Å². The number of hydrogen-bond donors (Lipinski definition) is 0. The van der Waals surface area contributed by atoms with E-state index in [9.17, 15) is 0 Å². The van der Waals surface area contributed by atoms with Gasteiger partial charge in [-0.3, -0.25) is 9.55 Å². The summed E-state index contributed by atoms with van der Waals surface area (Å²) in [7, 11) is 0. The largest absolute Gasteiger partial charge is 0.437 e. The van der Waals surface area contributed by atoms with Gasteiger partial charge < -0.3 is 4.42 Å². The number of furan rings is 1. The quantitative estimate of drug-likeness (QED) is 0.225. The molecule has 196 valence electrons. The molecule has 42 heavy (non-hydrogen) atoms. The van der Waals surface area contributed by atoms with Crippen molar-refractivity contribution in [3.05, 3.63) is 134 Å². The number of pyridine rings is 1. The standard InChI is InChI=1S/C37H22N4O/c1-2-10-23(11-3-1)26-18-19-30(38-22-26)35-39-36(34-28-15-7-9-17-33(28)42-37(34)40-35)41-31-16-8-6-14-27(31)29-20-24-12-4-5-13-25(24)21-32(29)41/h1-22H. The summed E-state index contributed by atoms with van der Waals surface area (Å²) in [5.41, 5.74) is 6.31. The van der Waals surface area contributed by atoms with Gasteiger partial charge in [-0.25, -0.2) is 4.98 Å². The van der Waals surface area contributed by atoms with Crippen LogP contribution in [0.25, 0.3) is 83.1 Å². The molecule has 5 nitrogen and oxygen atoms in total. The van der Waals surface area contributed by atoms with Gasteiger partial charge in [0.2, 0.25) is 5.71 Å². The van der Waals surface area contributed by atoms with E-state index in [1.54, 1.807) is 0 Å². The van der Waals surface area contributed by atoms with Crippen LogP contribution in [0.1, 0.15) is 0 Å². The van der Waals surface area contributed by atoms with E-state index < -0.39 is 0 Å². The molecule has 0 amide bonds. The predicted molar refractivity (Wildman–Crippen MR) is 170 cm³/mol. The van der Waals surface area contributed by atoms with Gasteiger partial charge in [-0.15, -0.1) is 0 Å². The number of fused-ring (bicyclic) bond motifs is 7. The lowest BCUT2D eigenvalue weighted by Crippen LogP contribution is -2.02. The van der Waals surface area contributed by atoms with Gasteiger partial charge in [0, 0.05) is 27.9 Å². The first-order chi connectivity index (χ1) is 20.8. The lowest BCUT2D eigenvalue weighted by Gasteiger charge is -2.11. The van der Waals surface area contributed by atoms with Gasteiger partial charge in [-0.1, -0.05) is 97.1 Å². The van der Waals surface area contributed by atoms with Crippen LogP contribution < -0.4 is 0 Å². The van der Waals surface area contributed by atoms with Crippen molar-refractivity contribution in [2.75, 3.05) is 0 Å². The number of hydrogen-bond acceptors (Lipinski definition) is 4. The van der Waals surface area contributed by atoms with E-state index >= 15 is 0 Å². The van der Waals surface area contributed by atoms with E-state index in [4.69, 9.17) is 19.4 Å². The van der Waals surface area contributed by atoms with E-state index in [1.165, 1.54) is 21.5 Å². The minimum Gasteiger partial charge on any atom is -0.437 e. The third kappa shape index (κ3) is 3.40. The van der Waals surface area contributed by atoms with Crippen molar-refractivity contribution < 1.29 is 4.42 Å². The Morgan fingerprint density at radius 2 is 1.29 bits per heavy atom. The Balaban J connectivity index is 1.37. The Kier molecular flexibility index (Phi) is 4.83. The molecule has 0 saturated heterocycles. The normalized spacial score (nSPS) is 11.8. The van der Waals surface area contributed by atoms with Crippen LogP contribution in [0.5, 0.6) is 0 Å². The highest BCUT2D eigenvalue weighted by Crippen LogP contribution is 2.39. The lowest BCUT2D eigenvalue weighted by atomic mass is 10.1. The Morgan fingerprint density at radius 3 is 2.12 bits per heavy atom. The number of rotatable bonds is 3. The monoisotopic (exact) mass is 538 g/mol. The maximum atomic E-state index is 6.35. The van der Waals surface area contributed by atoms with Crippen molar-refractivity contribution in [2.45, 2.75) is 0 Å². The Bertz CT molecular complexity index is 2460. The van der Waals surface area contributed by atoms with Gasteiger partial charge in [-0.2, -0.15) is 4.98 Å². The van der Waals surface area contributed by atoms with Gasteiger partial charge >= 0.3 is 0 Å². The average Bonchev–Trinajstić information content (AvgIpc) is 3.59. The Labute approximate surface area is 240 Å². The summed E-state index contributed by atoms with van der Waals surface area (Å²) in [5.74, 6) is 1.29. The maximum absolute atomic E-state index is 6.35. The second kappa shape index (κ2) is 8.85. The van der Waals surface area contributed by atoms with Crippen LogP contribution in [0.2, 0.25) is 0 Å². The zero-order valence-corrected chi connectivity index (χ0v) is 22.4. The predicted octanol–water partition coefficient (Wildman–Crippen LogP) is 9.36. The van der Waals surface area contributed by atoms with E-state index in [0.717, 1.165) is 44.3 Å². The molecule has 5 aromatic carbocycles. The lowest BCUT2D eigenvalue weighted by molar-refractivity contribution is 0.653. The van der Waals surface area contributed by atoms with Crippen LogP contribution in [0.3, 0.4) is 0 Å². The molecule has 0 unspecified atom stereocenters. The molecular weight excluding hydrogens is 516 g/mol. The first-order valence-corrected chi connectivity index (χ1v) is 14.0. The molecule has 5 heteroatoms. The zero-order valence-electron chi connectivity index (χ0n) is 22.4. The van der Waals surface area contributed by atoms with Gasteiger partial charge in [0.15, 0.2) is 11.6 Å². The summed E-state index contributed by atoms with van der Waals surface area (Å²) in [5, 5.41) is 6.59. The average molecular weight is 539 g/mol. The van der Waals surface area contributed by atoms with Crippen molar-refractivity contribution >= 4 is 54.6 Å². The van der Waals surface area contributed by atoms with Crippen molar-refractivity contribution in [1.82, 2.24) is 19.5 Å². The molecular formula is C37H22N4O. The molecule has 0 aliphatic heterocycles. The summed E-state index contributed by atoms with van der Waals surface area (Å²) in [4.78, 5) is 15.0. The Morgan fingerprint density at radius 1 is 0.548 bits per heavy atom. The molecule has 4 heterocycles. The van der Waals surface area contributed by atoms with E-state index in [-0.39, 0.29) is 0 Å². The van der Waals surface area contributed by atoms with E-state index in [2.05, 4.69) is 89.5 Å². The van der Waals surface area contributed by atoms with Crippen LogP contribution in [0.4, 0.5) is 0 Å². The second-order valence-electron chi connectivity index (χ2n) is 10.5.